The average Bonchev–Trinajstić information content (AvgIpc) is 2.18. The lowest BCUT2D eigenvalue weighted by Gasteiger charge is -2.06. The van der Waals surface area contributed by atoms with E-state index in [0.717, 1.165) is 6.54 Å². The van der Waals surface area contributed by atoms with Crippen LogP contribution in [0.2, 0.25) is 0 Å². The van der Waals surface area contributed by atoms with Gasteiger partial charge in [-0.15, -0.1) is 0 Å². The predicted octanol–water partition coefficient (Wildman–Crippen LogP) is 3.99. The van der Waals surface area contributed by atoms with Crippen LogP contribution in [0.15, 0.2) is 24.3 Å². The molecule has 0 saturated heterocycles. The molecular formula is C13H21N. The van der Waals surface area contributed by atoms with Crippen LogP contribution in [0.4, 0.5) is 5.69 Å². The second-order valence-electron chi connectivity index (χ2n) is 3.86. The van der Waals surface area contributed by atoms with E-state index in [1.54, 1.807) is 0 Å². The Morgan fingerprint density at radius 2 is 2.00 bits per heavy atom. The van der Waals surface area contributed by atoms with Crippen LogP contribution in [0.5, 0.6) is 0 Å². The monoisotopic (exact) mass is 191 g/mol. The summed E-state index contributed by atoms with van der Waals surface area (Å²) in [5.74, 6) is 0. The van der Waals surface area contributed by atoms with Crippen molar-refractivity contribution in [1.29, 1.82) is 0 Å². The number of anilines is 1. The molecule has 14 heavy (non-hydrogen) atoms. The van der Waals surface area contributed by atoms with Crippen LogP contribution in [0.25, 0.3) is 0 Å². The van der Waals surface area contributed by atoms with Crippen LogP contribution in [0, 0.1) is 6.92 Å². The summed E-state index contributed by atoms with van der Waals surface area (Å²) >= 11 is 0. The van der Waals surface area contributed by atoms with Crippen molar-refractivity contribution in [1.82, 2.24) is 0 Å². The Morgan fingerprint density at radius 3 is 2.71 bits per heavy atom. The first kappa shape index (κ1) is 11.1. The zero-order valence-electron chi connectivity index (χ0n) is 9.34. The second-order valence-corrected chi connectivity index (χ2v) is 3.86. The number of nitrogens with one attached hydrogen (secondary N) is 1. The van der Waals surface area contributed by atoms with E-state index in [2.05, 4.69) is 43.4 Å². The molecule has 1 heteroatoms. The maximum absolute atomic E-state index is 3.44. The second kappa shape index (κ2) is 6.47. The van der Waals surface area contributed by atoms with E-state index in [1.165, 1.54) is 36.9 Å². The fraction of sp³-hybridized carbons (Fsp3) is 0.538. The van der Waals surface area contributed by atoms with Gasteiger partial charge in [0.05, 0.1) is 0 Å². The molecule has 0 atom stereocenters. The SMILES string of the molecule is CCCCCCNc1cccc(C)c1. The van der Waals surface area contributed by atoms with Crippen molar-refractivity contribution in [3.8, 4) is 0 Å². The van der Waals surface area contributed by atoms with E-state index in [4.69, 9.17) is 0 Å². The molecule has 1 nitrogen and oxygen atoms in total. The van der Waals surface area contributed by atoms with Gasteiger partial charge in [-0.3, -0.25) is 0 Å². The minimum atomic E-state index is 1.10. The highest BCUT2D eigenvalue weighted by Crippen LogP contribution is 2.09. The van der Waals surface area contributed by atoms with E-state index in [0.29, 0.717) is 0 Å². The first-order valence-corrected chi connectivity index (χ1v) is 5.63. The molecule has 1 N–H and O–H groups in total. The largest absolute Gasteiger partial charge is 0.385 e. The van der Waals surface area contributed by atoms with Gasteiger partial charge in [-0.2, -0.15) is 0 Å². The Morgan fingerprint density at radius 1 is 1.14 bits per heavy atom. The Balaban J connectivity index is 2.18. The fourth-order valence-electron chi connectivity index (χ4n) is 1.54. The lowest BCUT2D eigenvalue weighted by molar-refractivity contribution is 0.685. The molecule has 1 rings (SSSR count). The molecule has 0 spiro atoms. The zero-order chi connectivity index (χ0) is 10.2. The normalized spacial score (nSPS) is 10.1. The van der Waals surface area contributed by atoms with E-state index in [9.17, 15) is 0 Å². The molecule has 0 aliphatic carbocycles. The molecule has 1 aromatic rings. The van der Waals surface area contributed by atoms with Gasteiger partial charge in [-0.1, -0.05) is 38.3 Å². The van der Waals surface area contributed by atoms with Crippen molar-refractivity contribution in [2.75, 3.05) is 11.9 Å². The minimum absolute atomic E-state index is 1.10. The molecule has 0 amide bonds. The van der Waals surface area contributed by atoms with Gasteiger partial charge >= 0.3 is 0 Å². The third-order valence-corrected chi connectivity index (χ3v) is 2.38. The Bertz CT molecular complexity index is 255. The Kier molecular flexibility index (Phi) is 5.13. The number of hydrogen-bond donors (Lipinski definition) is 1. The number of rotatable bonds is 6. The smallest absolute Gasteiger partial charge is 0.0342 e. The third-order valence-electron chi connectivity index (χ3n) is 2.38. The van der Waals surface area contributed by atoms with Crippen molar-refractivity contribution in [2.24, 2.45) is 0 Å². The lowest BCUT2D eigenvalue weighted by atomic mass is 10.2. The molecule has 0 bridgehead atoms. The Labute approximate surface area is 87.5 Å². The van der Waals surface area contributed by atoms with Crippen LogP contribution in [0.3, 0.4) is 0 Å². The highest BCUT2D eigenvalue weighted by Gasteiger charge is 1.91. The van der Waals surface area contributed by atoms with E-state index >= 15 is 0 Å². The molecule has 0 aromatic heterocycles. The molecule has 0 fully saturated rings. The molecule has 0 heterocycles. The average molecular weight is 191 g/mol. The maximum atomic E-state index is 3.44. The predicted molar refractivity (Wildman–Crippen MR) is 63.8 cm³/mol. The summed E-state index contributed by atoms with van der Waals surface area (Å²) in [5.41, 5.74) is 2.57. The van der Waals surface area contributed by atoms with Crippen LogP contribution < -0.4 is 5.32 Å². The molecule has 1 aromatic carbocycles. The quantitative estimate of drug-likeness (QED) is 0.670. The van der Waals surface area contributed by atoms with Crippen molar-refractivity contribution >= 4 is 5.69 Å². The van der Waals surface area contributed by atoms with Crippen molar-refractivity contribution in [2.45, 2.75) is 39.5 Å². The first-order valence-electron chi connectivity index (χ1n) is 5.63. The van der Waals surface area contributed by atoms with Crippen LogP contribution >= 0.6 is 0 Å². The minimum Gasteiger partial charge on any atom is -0.385 e. The fourth-order valence-corrected chi connectivity index (χ4v) is 1.54. The summed E-state index contributed by atoms with van der Waals surface area (Å²) in [5, 5.41) is 3.44. The number of unbranched alkanes of at least 4 members (excludes halogenated alkanes) is 3. The van der Waals surface area contributed by atoms with Gasteiger partial charge in [0.2, 0.25) is 0 Å². The molecule has 0 saturated carbocycles. The number of hydrogen-bond acceptors (Lipinski definition) is 1. The molecule has 0 radical (unpaired) electrons. The topological polar surface area (TPSA) is 12.0 Å². The summed E-state index contributed by atoms with van der Waals surface area (Å²) < 4.78 is 0. The van der Waals surface area contributed by atoms with E-state index in [-0.39, 0.29) is 0 Å². The van der Waals surface area contributed by atoms with Crippen LogP contribution in [0.1, 0.15) is 38.2 Å². The standard InChI is InChI=1S/C13H21N/c1-3-4-5-6-10-14-13-9-7-8-12(2)11-13/h7-9,11,14H,3-6,10H2,1-2H3. The van der Waals surface area contributed by atoms with Crippen LogP contribution in [-0.2, 0) is 0 Å². The summed E-state index contributed by atoms with van der Waals surface area (Å²) in [6, 6.07) is 8.55. The molecule has 0 aliphatic heterocycles. The summed E-state index contributed by atoms with van der Waals surface area (Å²) in [6.07, 6.45) is 5.29. The molecule has 0 aliphatic rings. The van der Waals surface area contributed by atoms with Gasteiger partial charge < -0.3 is 5.32 Å². The van der Waals surface area contributed by atoms with E-state index < -0.39 is 0 Å². The van der Waals surface area contributed by atoms with Crippen molar-refractivity contribution in [3.05, 3.63) is 29.8 Å². The number of benzene rings is 1. The van der Waals surface area contributed by atoms with Crippen molar-refractivity contribution in [3.63, 3.8) is 0 Å². The lowest BCUT2D eigenvalue weighted by Crippen LogP contribution is -2.01. The van der Waals surface area contributed by atoms with Crippen molar-refractivity contribution < 1.29 is 0 Å². The van der Waals surface area contributed by atoms with Crippen LogP contribution in [-0.4, -0.2) is 6.54 Å². The number of aryl methyl sites for hydroxylation is 1. The Hall–Kier alpha value is -0.980. The first-order chi connectivity index (χ1) is 6.83. The van der Waals surface area contributed by atoms with Gasteiger partial charge in [0.25, 0.3) is 0 Å². The molecular weight excluding hydrogens is 170 g/mol. The van der Waals surface area contributed by atoms with E-state index in [1.807, 2.05) is 0 Å². The van der Waals surface area contributed by atoms with Gasteiger partial charge in [-0.25, -0.2) is 0 Å². The van der Waals surface area contributed by atoms with Gasteiger partial charge in [0.15, 0.2) is 0 Å². The zero-order valence-corrected chi connectivity index (χ0v) is 9.34. The maximum Gasteiger partial charge on any atom is 0.0342 e. The van der Waals surface area contributed by atoms with Gasteiger partial charge in [-0.05, 0) is 31.0 Å². The summed E-state index contributed by atoms with van der Waals surface area (Å²) in [4.78, 5) is 0. The highest BCUT2D eigenvalue weighted by molar-refractivity contribution is 5.45. The molecule has 78 valence electrons. The third kappa shape index (κ3) is 4.31. The highest BCUT2D eigenvalue weighted by atomic mass is 14.9. The van der Waals surface area contributed by atoms with Gasteiger partial charge in [0.1, 0.15) is 0 Å². The summed E-state index contributed by atoms with van der Waals surface area (Å²) in [7, 11) is 0. The summed E-state index contributed by atoms with van der Waals surface area (Å²) in [6.45, 7) is 5.47. The molecule has 0 unspecified atom stereocenters. The van der Waals surface area contributed by atoms with Gasteiger partial charge in [0, 0.05) is 12.2 Å².